The van der Waals surface area contributed by atoms with Crippen molar-refractivity contribution in [2.45, 2.75) is 0 Å². The molecule has 1 unspecified atom stereocenters. The molecule has 0 radical (unpaired) electrons. The van der Waals surface area contributed by atoms with Crippen LogP contribution in [0.2, 0.25) is 0 Å². The molecule has 0 heterocycles. The van der Waals surface area contributed by atoms with Crippen LogP contribution in [0.5, 0.6) is 0 Å². The second-order valence-electron chi connectivity index (χ2n) is 3.61. The van der Waals surface area contributed by atoms with E-state index in [2.05, 4.69) is 17.0 Å². The van der Waals surface area contributed by atoms with Gasteiger partial charge in [0.15, 0.2) is 0 Å². The SMILES string of the molecule is CSC(=Cc1ccc(N(C)C)cc1)S(C)=O. The lowest BCUT2D eigenvalue weighted by atomic mass is 10.2. The van der Waals surface area contributed by atoms with E-state index in [9.17, 15) is 4.21 Å². The molecule has 16 heavy (non-hydrogen) atoms. The minimum atomic E-state index is -0.904. The Morgan fingerprint density at radius 3 is 2.25 bits per heavy atom. The molecule has 0 aliphatic rings. The third-order valence-electron chi connectivity index (χ3n) is 2.18. The number of hydrogen-bond donors (Lipinski definition) is 0. The van der Waals surface area contributed by atoms with Crippen molar-refractivity contribution in [1.29, 1.82) is 0 Å². The summed E-state index contributed by atoms with van der Waals surface area (Å²) in [7, 11) is 3.12. The number of hydrogen-bond acceptors (Lipinski definition) is 3. The van der Waals surface area contributed by atoms with Crippen LogP contribution in [0.15, 0.2) is 28.5 Å². The van der Waals surface area contributed by atoms with E-state index < -0.39 is 10.8 Å². The molecular weight excluding hydrogens is 238 g/mol. The highest BCUT2D eigenvalue weighted by Gasteiger charge is 2.00. The summed E-state index contributed by atoms with van der Waals surface area (Å²) in [5.41, 5.74) is 2.26. The molecule has 2 nitrogen and oxygen atoms in total. The van der Waals surface area contributed by atoms with E-state index in [0.29, 0.717) is 0 Å². The van der Waals surface area contributed by atoms with Crippen LogP contribution in [0, 0.1) is 0 Å². The van der Waals surface area contributed by atoms with E-state index in [-0.39, 0.29) is 0 Å². The summed E-state index contributed by atoms with van der Waals surface area (Å²) in [5, 5.41) is 0. The zero-order valence-electron chi connectivity index (χ0n) is 10.1. The van der Waals surface area contributed by atoms with Crippen LogP contribution < -0.4 is 4.90 Å². The van der Waals surface area contributed by atoms with Gasteiger partial charge < -0.3 is 4.90 Å². The van der Waals surface area contributed by atoms with Gasteiger partial charge in [0.05, 0.1) is 15.0 Å². The second kappa shape index (κ2) is 6.11. The molecule has 0 saturated heterocycles. The molecule has 4 heteroatoms. The van der Waals surface area contributed by atoms with Crippen molar-refractivity contribution in [2.75, 3.05) is 31.5 Å². The summed E-state index contributed by atoms with van der Waals surface area (Å²) in [4.78, 5) is 2.06. The fraction of sp³-hybridized carbons (Fsp3) is 0.333. The Morgan fingerprint density at radius 2 is 1.88 bits per heavy atom. The second-order valence-corrected chi connectivity index (χ2v) is 6.06. The monoisotopic (exact) mass is 255 g/mol. The average Bonchev–Trinajstić information content (AvgIpc) is 2.26. The molecule has 88 valence electrons. The Hall–Kier alpha value is -0.740. The van der Waals surface area contributed by atoms with E-state index in [0.717, 1.165) is 9.80 Å². The first kappa shape index (κ1) is 13.3. The molecule has 0 fully saturated rings. The normalized spacial score (nSPS) is 13.6. The van der Waals surface area contributed by atoms with Gasteiger partial charge in [-0.3, -0.25) is 4.21 Å². The fourth-order valence-corrected chi connectivity index (χ4v) is 2.76. The maximum absolute atomic E-state index is 11.4. The number of thioether (sulfide) groups is 1. The van der Waals surface area contributed by atoms with Gasteiger partial charge in [0, 0.05) is 26.0 Å². The lowest BCUT2D eigenvalue weighted by molar-refractivity contribution is 0.691. The van der Waals surface area contributed by atoms with E-state index in [1.54, 1.807) is 6.26 Å². The minimum Gasteiger partial charge on any atom is -0.378 e. The standard InChI is InChI=1S/C12H17NOS2/c1-13(2)11-7-5-10(6-8-11)9-12(15-3)16(4)14/h5-9H,1-4H3. The van der Waals surface area contributed by atoms with Gasteiger partial charge in [0.25, 0.3) is 0 Å². The largest absolute Gasteiger partial charge is 0.378 e. The quantitative estimate of drug-likeness (QED) is 0.825. The smallest absolute Gasteiger partial charge is 0.0716 e. The highest BCUT2D eigenvalue weighted by Crippen LogP contribution is 2.20. The maximum Gasteiger partial charge on any atom is 0.0716 e. The Bertz CT molecular complexity index is 396. The van der Waals surface area contributed by atoms with Gasteiger partial charge in [0.1, 0.15) is 0 Å². The van der Waals surface area contributed by atoms with Crippen LogP contribution in [-0.2, 0) is 10.8 Å². The van der Waals surface area contributed by atoms with E-state index in [4.69, 9.17) is 0 Å². The molecule has 1 aromatic rings. The van der Waals surface area contributed by atoms with Crippen LogP contribution in [-0.4, -0.2) is 30.8 Å². The van der Waals surface area contributed by atoms with Gasteiger partial charge >= 0.3 is 0 Å². The summed E-state index contributed by atoms with van der Waals surface area (Å²) < 4.78 is 12.3. The number of nitrogens with zero attached hydrogens (tertiary/aromatic N) is 1. The van der Waals surface area contributed by atoms with E-state index in [1.807, 2.05) is 38.6 Å². The van der Waals surface area contributed by atoms with Crippen LogP contribution >= 0.6 is 11.8 Å². The van der Waals surface area contributed by atoms with E-state index in [1.165, 1.54) is 17.4 Å². The van der Waals surface area contributed by atoms with Crippen molar-refractivity contribution >= 4 is 34.3 Å². The Labute approximate surface area is 104 Å². The van der Waals surface area contributed by atoms with Crippen molar-refractivity contribution < 1.29 is 4.21 Å². The van der Waals surface area contributed by atoms with Crippen molar-refractivity contribution in [3.8, 4) is 0 Å². The summed E-state index contributed by atoms with van der Waals surface area (Å²) in [5.74, 6) is 0. The van der Waals surface area contributed by atoms with Crippen molar-refractivity contribution in [1.82, 2.24) is 0 Å². The van der Waals surface area contributed by atoms with Gasteiger partial charge in [-0.25, -0.2) is 0 Å². The van der Waals surface area contributed by atoms with Crippen LogP contribution in [0.4, 0.5) is 5.69 Å². The van der Waals surface area contributed by atoms with E-state index >= 15 is 0 Å². The number of anilines is 1. The van der Waals surface area contributed by atoms with Crippen molar-refractivity contribution in [3.05, 3.63) is 34.1 Å². The van der Waals surface area contributed by atoms with Crippen LogP contribution in [0.3, 0.4) is 0 Å². The Kier molecular flexibility index (Phi) is 5.09. The predicted molar refractivity (Wildman–Crippen MR) is 76.3 cm³/mol. The minimum absolute atomic E-state index is 0.901. The molecule has 0 N–H and O–H groups in total. The van der Waals surface area contributed by atoms with Gasteiger partial charge in [-0.2, -0.15) is 0 Å². The summed E-state index contributed by atoms with van der Waals surface area (Å²) in [6, 6.07) is 8.20. The topological polar surface area (TPSA) is 20.3 Å². The zero-order valence-corrected chi connectivity index (χ0v) is 11.7. The first-order chi connectivity index (χ1) is 7.54. The Morgan fingerprint density at radius 1 is 1.31 bits per heavy atom. The van der Waals surface area contributed by atoms with Crippen molar-refractivity contribution in [3.63, 3.8) is 0 Å². The fourth-order valence-electron chi connectivity index (χ4n) is 1.26. The molecule has 0 amide bonds. The molecular formula is C12H17NOS2. The molecule has 1 atom stereocenters. The molecule has 0 saturated carbocycles. The first-order valence-electron chi connectivity index (χ1n) is 4.91. The molecule has 1 rings (SSSR count). The van der Waals surface area contributed by atoms with Crippen molar-refractivity contribution in [2.24, 2.45) is 0 Å². The van der Waals surface area contributed by atoms with Crippen LogP contribution in [0.25, 0.3) is 6.08 Å². The highest BCUT2D eigenvalue weighted by atomic mass is 32.2. The third kappa shape index (κ3) is 3.68. The lowest BCUT2D eigenvalue weighted by Crippen LogP contribution is -2.07. The molecule has 0 bridgehead atoms. The number of benzene rings is 1. The maximum atomic E-state index is 11.4. The first-order valence-corrected chi connectivity index (χ1v) is 7.69. The van der Waals surface area contributed by atoms with Gasteiger partial charge in [-0.05, 0) is 30.0 Å². The molecule has 1 aromatic carbocycles. The molecule has 0 spiro atoms. The average molecular weight is 255 g/mol. The summed E-state index contributed by atoms with van der Waals surface area (Å²) in [6.07, 6.45) is 5.62. The summed E-state index contributed by atoms with van der Waals surface area (Å²) >= 11 is 1.53. The zero-order chi connectivity index (χ0) is 12.1. The third-order valence-corrected chi connectivity index (χ3v) is 4.59. The Balaban J connectivity index is 2.94. The molecule has 0 aromatic heterocycles. The number of rotatable bonds is 4. The lowest BCUT2D eigenvalue weighted by Gasteiger charge is -2.12. The predicted octanol–water partition coefficient (Wildman–Crippen LogP) is 2.79. The summed E-state index contributed by atoms with van der Waals surface area (Å²) in [6.45, 7) is 0. The molecule has 0 aliphatic heterocycles. The van der Waals surface area contributed by atoms with Crippen LogP contribution in [0.1, 0.15) is 5.56 Å². The highest BCUT2D eigenvalue weighted by molar-refractivity contribution is 8.16. The molecule has 0 aliphatic carbocycles. The van der Waals surface area contributed by atoms with Gasteiger partial charge in [-0.15, -0.1) is 11.8 Å². The van der Waals surface area contributed by atoms with Gasteiger partial charge in [-0.1, -0.05) is 12.1 Å². The van der Waals surface area contributed by atoms with Gasteiger partial charge in [0.2, 0.25) is 0 Å².